The lowest BCUT2D eigenvalue weighted by Crippen LogP contribution is -2.22. The van der Waals surface area contributed by atoms with Gasteiger partial charge < -0.3 is 10.1 Å². The van der Waals surface area contributed by atoms with E-state index in [2.05, 4.69) is 29.6 Å². The van der Waals surface area contributed by atoms with Crippen molar-refractivity contribution in [2.45, 2.75) is 13.5 Å². The Morgan fingerprint density at radius 2 is 1.70 bits per heavy atom. The van der Waals surface area contributed by atoms with E-state index in [1.165, 1.54) is 10.8 Å². The molecule has 0 aliphatic carbocycles. The number of benzene rings is 3. The third-order valence-electron chi connectivity index (χ3n) is 3.69. The van der Waals surface area contributed by atoms with Crippen LogP contribution in [0.1, 0.15) is 22.8 Å². The zero-order valence-corrected chi connectivity index (χ0v) is 13.1. The van der Waals surface area contributed by atoms with Crippen LogP contribution in [-0.2, 0) is 6.54 Å². The van der Waals surface area contributed by atoms with Crippen molar-refractivity contribution in [3.8, 4) is 5.75 Å². The van der Waals surface area contributed by atoms with E-state index < -0.39 is 0 Å². The van der Waals surface area contributed by atoms with Crippen LogP contribution in [-0.4, -0.2) is 12.5 Å². The first-order chi connectivity index (χ1) is 11.3. The molecule has 0 aromatic heterocycles. The highest BCUT2D eigenvalue weighted by molar-refractivity contribution is 5.94. The van der Waals surface area contributed by atoms with Gasteiger partial charge in [-0.15, -0.1) is 0 Å². The third-order valence-corrected chi connectivity index (χ3v) is 3.69. The molecule has 0 bridgehead atoms. The highest BCUT2D eigenvalue weighted by Gasteiger charge is 2.05. The maximum absolute atomic E-state index is 12.2. The summed E-state index contributed by atoms with van der Waals surface area (Å²) in [5.41, 5.74) is 1.72. The van der Waals surface area contributed by atoms with E-state index in [1.54, 1.807) is 12.1 Å². The molecule has 0 radical (unpaired) electrons. The Morgan fingerprint density at radius 3 is 2.43 bits per heavy atom. The van der Waals surface area contributed by atoms with Gasteiger partial charge in [0.25, 0.3) is 5.91 Å². The molecule has 0 spiro atoms. The lowest BCUT2D eigenvalue weighted by Gasteiger charge is -2.08. The molecule has 0 saturated heterocycles. The number of hydrogen-bond donors (Lipinski definition) is 1. The largest absolute Gasteiger partial charge is 0.494 e. The first-order valence-corrected chi connectivity index (χ1v) is 7.75. The molecule has 1 N–H and O–H groups in total. The molecule has 0 unspecified atom stereocenters. The van der Waals surface area contributed by atoms with Gasteiger partial charge in [0.1, 0.15) is 5.75 Å². The van der Waals surface area contributed by atoms with Crippen molar-refractivity contribution < 1.29 is 9.53 Å². The number of ether oxygens (including phenoxy) is 1. The van der Waals surface area contributed by atoms with Gasteiger partial charge in [-0.1, -0.05) is 36.4 Å². The average molecular weight is 305 g/mol. The van der Waals surface area contributed by atoms with Crippen molar-refractivity contribution in [1.29, 1.82) is 0 Å². The fourth-order valence-electron chi connectivity index (χ4n) is 2.50. The van der Waals surface area contributed by atoms with Crippen molar-refractivity contribution in [2.75, 3.05) is 6.61 Å². The van der Waals surface area contributed by atoms with Gasteiger partial charge in [0.15, 0.2) is 0 Å². The van der Waals surface area contributed by atoms with Crippen LogP contribution in [0.5, 0.6) is 5.75 Å². The van der Waals surface area contributed by atoms with Crippen LogP contribution in [0.15, 0.2) is 66.7 Å². The van der Waals surface area contributed by atoms with E-state index >= 15 is 0 Å². The van der Waals surface area contributed by atoms with E-state index in [4.69, 9.17) is 4.74 Å². The minimum absolute atomic E-state index is 0.0822. The molecule has 3 aromatic carbocycles. The highest BCUT2D eigenvalue weighted by Crippen LogP contribution is 2.16. The number of fused-ring (bicyclic) bond motifs is 1. The van der Waals surface area contributed by atoms with Crippen LogP contribution in [0.2, 0.25) is 0 Å². The molecule has 3 heteroatoms. The van der Waals surface area contributed by atoms with Gasteiger partial charge in [0.2, 0.25) is 0 Å². The van der Waals surface area contributed by atoms with Gasteiger partial charge in [-0.05, 0) is 53.6 Å². The highest BCUT2D eigenvalue weighted by atomic mass is 16.5. The van der Waals surface area contributed by atoms with E-state index in [0.29, 0.717) is 18.7 Å². The summed E-state index contributed by atoms with van der Waals surface area (Å²) >= 11 is 0. The quantitative estimate of drug-likeness (QED) is 0.768. The van der Waals surface area contributed by atoms with Crippen LogP contribution < -0.4 is 10.1 Å². The molecule has 0 saturated carbocycles. The predicted octanol–water partition coefficient (Wildman–Crippen LogP) is 4.17. The zero-order valence-electron chi connectivity index (χ0n) is 13.1. The number of rotatable bonds is 5. The lowest BCUT2D eigenvalue weighted by molar-refractivity contribution is 0.0951. The van der Waals surface area contributed by atoms with Crippen molar-refractivity contribution >= 4 is 16.7 Å². The summed E-state index contributed by atoms with van der Waals surface area (Å²) in [6, 6.07) is 21.6. The predicted molar refractivity (Wildman–Crippen MR) is 92.7 cm³/mol. The zero-order chi connectivity index (χ0) is 16.1. The number of hydrogen-bond acceptors (Lipinski definition) is 2. The number of carbonyl (C=O) groups is 1. The molecule has 1 amide bonds. The van der Waals surface area contributed by atoms with Gasteiger partial charge in [0, 0.05) is 12.1 Å². The monoisotopic (exact) mass is 305 g/mol. The number of amides is 1. The molecule has 0 aliphatic heterocycles. The summed E-state index contributed by atoms with van der Waals surface area (Å²) in [6.45, 7) is 3.06. The first-order valence-electron chi connectivity index (χ1n) is 7.75. The average Bonchev–Trinajstić information content (AvgIpc) is 2.60. The fraction of sp³-hybridized carbons (Fsp3) is 0.150. The summed E-state index contributed by atoms with van der Waals surface area (Å²) in [5, 5.41) is 5.34. The summed E-state index contributed by atoms with van der Waals surface area (Å²) in [4.78, 5) is 12.2. The Kier molecular flexibility index (Phi) is 4.57. The Morgan fingerprint density at radius 1 is 0.957 bits per heavy atom. The van der Waals surface area contributed by atoms with Gasteiger partial charge >= 0.3 is 0 Å². The van der Waals surface area contributed by atoms with E-state index in [-0.39, 0.29) is 5.91 Å². The second-order valence-electron chi connectivity index (χ2n) is 5.32. The Labute approximate surface area is 135 Å². The number of carbonyl (C=O) groups excluding carboxylic acids is 1. The third kappa shape index (κ3) is 3.69. The molecule has 0 fully saturated rings. The van der Waals surface area contributed by atoms with Crippen LogP contribution in [0, 0.1) is 0 Å². The van der Waals surface area contributed by atoms with E-state index in [9.17, 15) is 4.79 Å². The normalized spacial score (nSPS) is 10.5. The minimum Gasteiger partial charge on any atom is -0.494 e. The van der Waals surface area contributed by atoms with Crippen molar-refractivity contribution in [2.24, 2.45) is 0 Å². The van der Waals surface area contributed by atoms with E-state index in [1.807, 2.05) is 37.3 Å². The molecular weight excluding hydrogens is 286 g/mol. The number of nitrogens with one attached hydrogen (secondary N) is 1. The smallest absolute Gasteiger partial charge is 0.251 e. The first kappa shape index (κ1) is 15.1. The van der Waals surface area contributed by atoms with Gasteiger partial charge in [-0.2, -0.15) is 0 Å². The molecule has 3 aromatic rings. The Hall–Kier alpha value is -2.81. The minimum atomic E-state index is -0.0822. The molecular formula is C20H19NO2. The van der Waals surface area contributed by atoms with Gasteiger partial charge in [-0.3, -0.25) is 4.79 Å². The molecule has 0 aliphatic rings. The molecule has 3 nitrogen and oxygen atoms in total. The summed E-state index contributed by atoms with van der Waals surface area (Å²) in [6.07, 6.45) is 0. The molecule has 0 atom stereocenters. The molecule has 23 heavy (non-hydrogen) atoms. The van der Waals surface area contributed by atoms with Crippen LogP contribution in [0.25, 0.3) is 10.8 Å². The van der Waals surface area contributed by atoms with Crippen LogP contribution in [0.4, 0.5) is 0 Å². The van der Waals surface area contributed by atoms with Crippen molar-refractivity contribution in [1.82, 2.24) is 5.32 Å². The van der Waals surface area contributed by atoms with Crippen molar-refractivity contribution in [3.05, 3.63) is 77.9 Å². The van der Waals surface area contributed by atoms with Crippen LogP contribution in [0.3, 0.4) is 0 Å². The summed E-state index contributed by atoms with van der Waals surface area (Å²) < 4.78 is 5.38. The fourth-order valence-corrected chi connectivity index (χ4v) is 2.50. The van der Waals surface area contributed by atoms with Gasteiger partial charge in [-0.25, -0.2) is 0 Å². The topological polar surface area (TPSA) is 38.3 Å². The SMILES string of the molecule is CCOc1ccc(C(=O)NCc2ccc3ccccc3c2)cc1. The second-order valence-corrected chi connectivity index (χ2v) is 5.32. The summed E-state index contributed by atoms with van der Waals surface area (Å²) in [5.74, 6) is 0.694. The Balaban J connectivity index is 1.65. The second kappa shape index (κ2) is 6.97. The van der Waals surface area contributed by atoms with Crippen molar-refractivity contribution in [3.63, 3.8) is 0 Å². The van der Waals surface area contributed by atoms with E-state index in [0.717, 1.165) is 11.3 Å². The summed E-state index contributed by atoms with van der Waals surface area (Å²) in [7, 11) is 0. The van der Waals surface area contributed by atoms with Gasteiger partial charge in [0.05, 0.1) is 6.61 Å². The molecule has 116 valence electrons. The van der Waals surface area contributed by atoms with Crippen LogP contribution >= 0.6 is 0 Å². The maximum Gasteiger partial charge on any atom is 0.251 e. The molecule has 3 rings (SSSR count). The standard InChI is InChI=1S/C20H19NO2/c1-2-23-19-11-9-17(10-12-19)20(22)21-14-15-7-8-16-5-3-4-6-18(16)13-15/h3-13H,2,14H2,1H3,(H,21,22). The molecule has 0 heterocycles. The maximum atomic E-state index is 12.2. The Bertz CT molecular complexity index is 809. The lowest BCUT2D eigenvalue weighted by atomic mass is 10.1.